The molecule has 3 aromatic rings. The maximum Gasteiger partial charge on any atom is 0.368 e. The second kappa shape index (κ2) is 5.83. The SMILES string of the molecule is CCOc1cc(-c2ccccc2)[o+]c2cccc(OC)c12. The van der Waals surface area contributed by atoms with Crippen molar-refractivity contribution < 1.29 is 13.9 Å². The third-order valence-electron chi connectivity index (χ3n) is 3.29. The Morgan fingerprint density at radius 3 is 2.48 bits per heavy atom. The Kier molecular flexibility index (Phi) is 3.73. The molecule has 0 amide bonds. The van der Waals surface area contributed by atoms with Gasteiger partial charge in [0.05, 0.1) is 25.3 Å². The number of benzene rings is 2. The van der Waals surface area contributed by atoms with Crippen LogP contribution in [0.3, 0.4) is 0 Å². The molecule has 3 rings (SSSR count). The number of rotatable bonds is 4. The lowest BCUT2D eigenvalue weighted by Gasteiger charge is -2.07. The van der Waals surface area contributed by atoms with Gasteiger partial charge in [0.1, 0.15) is 11.5 Å². The summed E-state index contributed by atoms with van der Waals surface area (Å²) < 4.78 is 17.2. The molecule has 0 atom stereocenters. The first-order valence-electron chi connectivity index (χ1n) is 6.95. The highest BCUT2D eigenvalue weighted by Crippen LogP contribution is 2.37. The van der Waals surface area contributed by atoms with Gasteiger partial charge in [-0.1, -0.05) is 18.2 Å². The van der Waals surface area contributed by atoms with Crippen molar-refractivity contribution in [2.45, 2.75) is 6.92 Å². The Hall–Kier alpha value is -2.55. The maximum absolute atomic E-state index is 6.02. The van der Waals surface area contributed by atoms with Crippen molar-refractivity contribution in [2.24, 2.45) is 0 Å². The summed E-state index contributed by atoms with van der Waals surface area (Å²) >= 11 is 0. The number of hydrogen-bond acceptors (Lipinski definition) is 2. The summed E-state index contributed by atoms with van der Waals surface area (Å²) in [5.74, 6) is 2.30. The van der Waals surface area contributed by atoms with Crippen molar-refractivity contribution in [1.29, 1.82) is 0 Å². The summed E-state index contributed by atoms with van der Waals surface area (Å²) in [6.07, 6.45) is 0. The largest absolute Gasteiger partial charge is 0.496 e. The molecule has 21 heavy (non-hydrogen) atoms. The molecule has 0 radical (unpaired) electrons. The molecular formula is C18H17O3+. The quantitative estimate of drug-likeness (QED) is 0.644. The number of ether oxygens (including phenoxy) is 2. The molecule has 106 valence electrons. The Labute approximate surface area is 123 Å². The molecule has 2 aromatic carbocycles. The lowest BCUT2D eigenvalue weighted by molar-refractivity contribution is 0.340. The lowest BCUT2D eigenvalue weighted by atomic mass is 10.1. The van der Waals surface area contributed by atoms with E-state index in [1.165, 1.54) is 0 Å². The van der Waals surface area contributed by atoms with E-state index in [2.05, 4.69) is 0 Å². The molecule has 0 aliphatic heterocycles. The van der Waals surface area contributed by atoms with Crippen LogP contribution in [0.25, 0.3) is 22.3 Å². The highest BCUT2D eigenvalue weighted by Gasteiger charge is 2.22. The van der Waals surface area contributed by atoms with Crippen LogP contribution in [0.4, 0.5) is 0 Å². The third kappa shape index (κ3) is 2.55. The lowest BCUT2D eigenvalue weighted by Crippen LogP contribution is -1.95. The van der Waals surface area contributed by atoms with Crippen LogP contribution in [0.5, 0.6) is 11.5 Å². The van der Waals surface area contributed by atoms with Gasteiger partial charge < -0.3 is 9.47 Å². The summed E-state index contributed by atoms with van der Waals surface area (Å²) in [4.78, 5) is 0. The fourth-order valence-electron chi connectivity index (χ4n) is 2.36. The molecule has 0 N–H and O–H groups in total. The second-order valence-corrected chi connectivity index (χ2v) is 4.61. The zero-order valence-corrected chi connectivity index (χ0v) is 12.1. The molecule has 0 aliphatic rings. The van der Waals surface area contributed by atoms with E-state index in [4.69, 9.17) is 13.9 Å². The van der Waals surface area contributed by atoms with Crippen LogP contribution in [0.15, 0.2) is 59.0 Å². The smallest absolute Gasteiger partial charge is 0.368 e. The predicted octanol–water partition coefficient (Wildman–Crippen LogP) is 4.79. The van der Waals surface area contributed by atoms with E-state index in [-0.39, 0.29) is 0 Å². The van der Waals surface area contributed by atoms with Crippen molar-refractivity contribution in [2.75, 3.05) is 13.7 Å². The fourth-order valence-corrected chi connectivity index (χ4v) is 2.36. The van der Waals surface area contributed by atoms with E-state index in [9.17, 15) is 0 Å². The fraction of sp³-hybridized carbons (Fsp3) is 0.167. The van der Waals surface area contributed by atoms with Crippen molar-refractivity contribution in [1.82, 2.24) is 0 Å². The van der Waals surface area contributed by atoms with Crippen LogP contribution < -0.4 is 9.47 Å². The molecule has 1 heterocycles. The minimum absolute atomic E-state index is 0.589. The van der Waals surface area contributed by atoms with Gasteiger partial charge in [-0.25, -0.2) is 4.42 Å². The van der Waals surface area contributed by atoms with Gasteiger partial charge in [0.2, 0.25) is 0 Å². The minimum Gasteiger partial charge on any atom is -0.496 e. The zero-order chi connectivity index (χ0) is 14.7. The highest BCUT2D eigenvalue weighted by atomic mass is 16.5. The number of fused-ring (bicyclic) bond motifs is 1. The summed E-state index contributed by atoms with van der Waals surface area (Å²) in [7, 11) is 1.65. The minimum atomic E-state index is 0.589. The van der Waals surface area contributed by atoms with Gasteiger partial charge in [0.15, 0.2) is 5.39 Å². The van der Waals surface area contributed by atoms with Crippen LogP contribution in [0, 0.1) is 0 Å². The first-order valence-corrected chi connectivity index (χ1v) is 6.95. The monoisotopic (exact) mass is 281 g/mol. The average Bonchev–Trinajstić information content (AvgIpc) is 2.55. The van der Waals surface area contributed by atoms with E-state index < -0.39 is 0 Å². The molecule has 0 unspecified atom stereocenters. The molecule has 0 fully saturated rings. The second-order valence-electron chi connectivity index (χ2n) is 4.61. The van der Waals surface area contributed by atoms with Gasteiger partial charge in [-0.05, 0) is 31.2 Å². The first-order chi connectivity index (χ1) is 10.3. The van der Waals surface area contributed by atoms with Crippen LogP contribution in [0.1, 0.15) is 6.92 Å². The molecule has 1 aromatic heterocycles. The van der Waals surface area contributed by atoms with Crippen LogP contribution in [-0.2, 0) is 0 Å². The first kappa shape index (κ1) is 13.4. The van der Waals surface area contributed by atoms with Gasteiger partial charge in [0.25, 0.3) is 0 Å². The van der Waals surface area contributed by atoms with E-state index in [0.717, 1.165) is 33.8 Å². The van der Waals surface area contributed by atoms with Gasteiger partial charge in [-0.2, -0.15) is 0 Å². The summed E-state index contributed by atoms with van der Waals surface area (Å²) in [5, 5.41) is 0.863. The van der Waals surface area contributed by atoms with Gasteiger partial charge >= 0.3 is 11.3 Å². The molecule has 0 saturated carbocycles. The molecule has 3 nitrogen and oxygen atoms in total. The highest BCUT2D eigenvalue weighted by molar-refractivity contribution is 5.91. The van der Waals surface area contributed by atoms with Crippen molar-refractivity contribution in [3.05, 3.63) is 54.6 Å². The Bertz CT molecular complexity index is 751. The topological polar surface area (TPSA) is 29.8 Å². The van der Waals surface area contributed by atoms with Crippen molar-refractivity contribution in [3.8, 4) is 22.8 Å². The normalized spacial score (nSPS) is 10.6. The van der Waals surface area contributed by atoms with Gasteiger partial charge in [0, 0.05) is 6.07 Å². The van der Waals surface area contributed by atoms with Crippen molar-refractivity contribution >= 4 is 11.0 Å². The van der Waals surface area contributed by atoms with Gasteiger partial charge in [-0.15, -0.1) is 0 Å². The van der Waals surface area contributed by atoms with Crippen LogP contribution >= 0.6 is 0 Å². The summed E-state index contributed by atoms with van der Waals surface area (Å²) in [6, 6.07) is 17.6. The van der Waals surface area contributed by atoms with E-state index in [0.29, 0.717) is 6.61 Å². The Morgan fingerprint density at radius 1 is 0.952 bits per heavy atom. The molecule has 0 bridgehead atoms. The molecule has 3 heteroatoms. The van der Waals surface area contributed by atoms with Crippen LogP contribution in [-0.4, -0.2) is 13.7 Å². The standard InChI is InChI=1S/C18H17O3/c1-3-20-17-12-16(13-8-5-4-6-9-13)21-15-11-7-10-14(19-2)18(15)17/h4-12H,3H2,1-2H3/q+1. The predicted molar refractivity (Wildman–Crippen MR) is 83.8 cm³/mol. The maximum atomic E-state index is 6.02. The van der Waals surface area contributed by atoms with Crippen LogP contribution in [0.2, 0.25) is 0 Å². The third-order valence-corrected chi connectivity index (χ3v) is 3.29. The van der Waals surface area contributed by atoms with E-state index in [1.54, 1.807) is 7.11 Å². The molecular weight excluding hydrogens is 264 g/mol. The van der Waals surface area contributed by atoms with E-state index >= 15 is 0 Å². The number of hydrogen-bond donors (Lipinski definition) is 0. The average molecular weight is 281 g/mol. The Morgan fingerprint density at radius 2 is 1.76 bits per heavy atom. The summed E-state index contributed by atoms with van der Waals surface area (Å²) in [5.41, 5.74) is 1.77. The summed E-state index contributed by atoms with van der Waals surface area (Å²) in [6.45, 7) is 2.55. The molecule has 0 aliphatic carbocycles. The number of methoxy groups -OCH3 is 1. The van der Waals surface area contributed by atoms with E-state index in [1.807, 2.05) is 61.5 Å². The molecule has 0 spiro atoms. The Balaban J connectivity index is 2.26. The van der Waals surface area contributed by atoms with Gasteiger partial charge in [-0.3, -0.25) is 0 Å². The zero-order valence-electron chi connectivity index (χ0n) is 12.1. The van der Waals surface area contributed by atoms with Crippen molar-refractivity contribution in [3.63, 3.8) is 0 Å². The molecule has 0 saturated heterocycles.